The zero-order valence-electron chi connectivity index (χ0n) is 9.74. The van der Waals surface area contributed by atoms with Gasteiger partial charge in [0, 0.05) is 12.6 Å². The molecule has 0 radical (unpaired) electrons. The number of nitrogens with one attached hydrogen (secondary N) is 1. The maximum atomic E-state index is 13.3. The SMILES string of the molecule is CNCc1cc(COc2cccc(F)c2F)on1. The van der Waals surface area contributed by atoms with Gasteiger partial charge in [0.15, 0.2) is 17.3 Å². The summed E-state index contributed by atoms with van der Waals surface area (Å²) in [5.74, 6) is -1.65. The molecule has 2 rings (SSSR count). The fourth-order valence-electron chi connectivity index (χ4n) is 1.43. The van der Waals surface area contributed by atoms with Gasteiger partial charge in [-0.1, -0.05) is 11.2 Å². The molecule has 0 aliphatic carbocycles. The van der Waals surface area contributed by atoms with Gasteiger partial charge in [0.1, 0.15) is 6.61 Å². The van der Waals surface area contributed by atoms with Crippen LogP contribution in [-0.2, 0) is 13.2 Å². The number of nitrogens with zero attached hydrogens (tertiary/aromatic N) is 1. The third kappa shape index (κ3) is 2.84. The van der Waals surface area contributed by atoms with Crippen molar-refractivity contribution in [2.24, 2.45) is 0 Å². The first kappa shape index (κ1) is 12.5. The van der Waals surface area contributed by atoms with Gasteiger partial charge in [0.05, 0.1) is 5.69 Å². The summed E-state index contributed by atoms with van der Waals surface area (Å²) in [6.45, 7) is 0.564. The summed E-state index contributed by atoms with van der Waals surface area (Å²) in [7, 11) is 1.78. The molecule has 1 aromatic carbocycles. The second-order valence-electron chi connectivity index (χ2n) is 3.66. The Morgan fingerprint density at radius 2 is 2.22 bits per heavy atom. The Balaban J connectivity index is 2.00. The third-order valence-corrected chi connectivity index (χ3v) is 2.25. The molecule has 0 saturated heterocycles. The van der Waals surface area contributed by atoms with Crippen LogP contribution < -0.4 is 10.1 Å². The van der Waals surface area contributed by atoms with E-state index in [1.165, 1.54) is 12.1 Å². The van der Waals surface area contributed by atoms with Crippen LogP contribution in [0.2, 0.25) is 0 Å². The minimum atomic E-state index is -1.01. The van der Waals surface area contributed by atoms with Crippen LogP contribution >= 0.6 is 0 Å². The second kappa shape index (κ2) is 5.59. The highest BCUT2D eigenvalue weighted by molar-refractivity contribution is 5.25. The van der Waals surface area contributed by atoms with Crippen LogP contribution in [0.5, 0.6) is 5.75 Å². The monoisotopic (exact) mass is 254 g/mol. The van der Waals surface area contributed by atoms with Crippen molar-refractivity contribution in [1.82, 2.24) is 10.5 Å². The van der Waals surface area contributed by atoms with Crippen molar-refractivity contribution in [3.05, 3.63) is 47.4 Å². The smallest absolute Gasteiger partial charge is 0.200 e. The number of hydrogen-bond donors (Lipinski definition) is 1. The highest BCUT2D eigenvalue weighted by atomic mass is 19.2. The van der Waals surface area contributed by atoms with E-state index in [2.05, 4.69) is 10.5 Å². The first-order valence-corrected chi connectivity index (χ1v) is 5.36. The van der Waals surface area contributed by atoms with E-state index in [-0.39, 0.29) is 12.4 Å². The van der Waals surface area contributed by atoms with Crippen molar-refractivity contribution >= 4 is 0 Å². The maximum absolute atomic E-state index is 13.3. The average Bonchev–Trinajstić information content (AvgIpc) is 2.79. The van der Waals surface area contributed by atoms with Gasteiger partial charge in [0.2, 0.25) is 5.82 Å². The number of rotatable bonds is 5. The Morgan fingerprint density at radius 3 is 3.00 bits per heavy atom. The molecule has 0 amide bonds. The number of halogens is 2. The van der Waals surface area contributed by atoms with Gasteiger partial charge in [-0.3, -0.25) is 0 Å². The van der Waals surface area contributed by atoms with E-state index in [0.29, 0.717) is 12.3 Å². The largest absolute Gasteiger partial charge is 0.482 e. The first-order valence-electron chi connectivity index (χ1n) is 5.36. The van der Waals surface area contributed by atoms with E-state index in [4.69, 9.17) is 9.26 Å². The van der Waals surface area contributed by atoms with Crippen LogP contribution in [0.15, 0.2) is 28.8 Å². The molecule has 6 heteroatoms. The van der Waals surface area contributed by atoms with Gasteiger partial charge in [-0.15, -0.1) is 0 Å². The Kier molecular flexibility index (Phi) is 3.88. The summed E-state index contributed by atoms with van der Waals surface area (Å²) < 4.78 is 36.3. The average molecular weight is 254 g/mol. The number of hydrogen-bond acceptors (Lipinski definition) is 4. The molecular formula is C12H12F2N2O2. The van der Waals surface area contributed by atoms with E-state index in [1.807, 2.05) is 0 Å². The molecule has 0 spiro atoms. The maximum Gasteiger partial charge on any atom is 0.200 e. The normalized spacial score (nSPS) is 10.6. The molecular weight excluding hydrogens is 242 g/mol. The van der Waals surface area contributed by atoms with E-state index >= 15 is 0 Å². The summed E-state index contributed by atoms with van der Waals surface area (Å²) >= 11 is 0. The van der Waals surface area contributed by atoms with Crippen molar-refractivity contribution in [3.8, 4) is 5.75 Å². The molecule has 0 saturated carbocycles. The summed E-state index contributed by atoms with van der Waals surface area (Å²) in [5.41, 5.74) is 0.718. The second-order valence-corrected chi connectivity index (χ2v) is 3.66. The predicted octanol–water partition coefficient (Wildman–Crippen LogP) is 2.25. The quantitative estimate of drug-likeness (QED) is 0.889. The zero-order chi connectivity index (χ0) is 13.0. The third-order valence-electron chi connectivity index (χ3n) is 2.25. The molecule has 0 aliphatic rings. The van der Waals surface area contributed by atoms with E-state index in [9.17, 15) is 8.78 Å². The molecule has 96 valence electrons. The van der Waals surface area contributed by atoms with Crippen LogP contribution in [0.25, 0.3) is 0 Å². The molecule has 2 aromatic rings. The molecule has 0 aliphatic heterocycles. The molecule has 1 N–H and O–H groups in total. The lowest BCUT2D eigenvalue weighted by molar-refractivity contribution is 0.237. The molecule has 0 bridgehead atoms. The Labute approximate surface area is 103 Å². The predicted molar refractivity (Wildman–Crippen MR) is 60.0 cm³/mol. The highest BCUT2D eigenvalue weighted by Crippen LogP contribution is 2.20. The zero-order valence-corrected chi connectivity index (χ0v) is 9.74. The minimum absolute atomic E-state index is 0.00289. The fourth-order valence-corrected chi connectivity index (χ4v) is 1.43. The van der Waals surface area contributed by atoms with Crippen molar-refractivity contribution in [1.29, 1.82) is 0 Å². The molecule has 0 atom stereocenters. The lowest BCUT2D eigenvalue weighted by atomic mass is 10.3. The van der Waals surface area contributed by atoms with Gasteiger partial charge >= 0.3 is 0 Å². The number of benzene rings is 1. The van der Waals surface area contributed by atoms with Crippen molar-refractivity contribution < 1.29 is 18.0 Å². The number of ether oxygens (including phenoxy) is 1. The van der Waals surface area contributed by atoms with Crippen LogP contribution in [0.3, 0.4) is 0 Å². The van der Waals surface area contributed by atoms with Crippen molar-refractivity contribution in [2.45, 2.75) is 13.2 Å². The summed E-state index contributed by atoms with van der Waals surface area (Å²) in [5, 5.41) is 6.69. The Bertz CT molecular complexity index is 529. The number of aromatic nitrogens is 1. The van der Waals surface area contributed by atoms with Crippen LogP contribution in [-0.4, -0.2) is 12.2 Å². The van der Waals surface area contributed by atoms with E-state index in [1.54, 1.807) is 13.1 Å². The molecule has 4 nitrogen and oxygen atoms in total. The Morgan fingerprint density at radius 1 is 1.39 bits per heavy atom. The minimum Gasteiger partial charge on any atom is -0.482 e. The fraction of sp³-hybridized carbons (Fsp3) is 0.250. The first-order chi connectivity index (χ1) is 8.70. The Hall–Kier alpha value is -1.95. The summed E-state index contributed by atoms with van der Waals surface area (Å²) in [6.07, 6.45) is 0. The molecule has 1 aromatic heterocycles. The highest BCUT2D eigenvalue weighted by Gasteiger charge is 2.10. The van der Waals surface area contributed by atoms with Gasteiger partial charge in [-0.05, 0) is 19.2 Å². The van der Waals surface area contributed by atoms with Crippen LogP contribution in [0, 0.1) is 11.6 Å². The molecule has 0 unspecified atom stereocenters. The standard InChI is InChI=1S/C12H12F2N2O2/c1-15-6-8-5-9(18-16-8)7-17-11-4-2-3-10(13)12(11)14/h2-5,15H,6-7H2,1H3. The van der Waals surface area contributed by atoms with Gasteiger partial charge in [0.25, 0.3) is 0 Å². The van der Waals surface area contributed by atoms with Crippen molar-refractivity contribution in [3.63, 3.8) is 0 Å². The van der Waals surface area contributed by atoms with Crippen LogP contribution in [0.1, 0.15) is 11.5 Å². The molecule has 0 fully saturated rings. The lowest BCUT2D eigenvalue weighted by Gasteiger charge is -2.04. The van der Waals surface area contributed by atoms with Crippen LogP contribution in [0.4, 0.5) is 8.78 Å². The molecule has 18 heavy (non-hydrogen) atoms. The van der Waals surface area contributed by atoms with Gasteiger partial charge < -0.3 is 14.6 Å². The topological polar surface area (TPSA) is 47.3 Å². The lowest BCUT2D eigenvalue weighted by Crippen LogP contribution is -2.04. The summed E-state index contributed by atoms with van der Waals surface area (Å²) in [6, 6.07) is 5.44. The van der Waals surface area contributed by atoms with E-state index in [0.717, 1.165) is 11.8 Å². The summed E-state index contributed by atoms with van der Waals surface area (Å²) in [4.78, 5) is 0. The van der Waals surface area contributed by atoms with Gasteiger partial charge in [-0.25, -0.2) is 4.39 Å². The van der Waals surface area contributed by atoms with Gasteiger partial charge in [-0.2, -0.15) is 4.39 Å². The molecule has 1 heterocycles. The van der Waals surface area contributed by atoms with E-state index < -0.39 is 11.6 Å². The van der Waals surface area contributed by atoms with Crippen molar-refractivity contribution in [2.75, 3.05) is 7.05 Å².